The molecule has 0 aliphatic heterocycles. The minimum absolute atomic E-state index is 0.769. The van der Waals surface area contributed by atoms with E-state index in [2.05, 4.69) is 17.0 Å². The van der Waals surface area contributed by atoms with E-state index in [4.69, 9.17) is 5.84 Å². The lowest BCUT2D eigenvalue weighted by Gasteiger charge is -2.17. The molecule has 1 aromatic carbocycles. The number of nitrogens with two attached hydrogens (primary N) is 1. The van der Waals surface area contributed by atoms with Gasteiger partial charge in [-0.05, 0) is 23.6 Å². The van der Waals surface area contributed by atoms with E-state index in [1.807, 2.05) is 36.6 Å². The summed E-state index contributed by atoms with van der Waals surface area (Å²) in [5.74, 6) is 5.03. The molecule has 0 bridgehead atoms. The summed E-state index contributed by atoms with van der Waals surface area (Å²) in [5, 5.41) is 9.40. The predicted molar refractivity (Wildman–Crippen MR) is 60.6 cm³/mol. The Morgan fingerprint density at radius 1 is 1.43 bits per heavy atom. The summed E-state index contributed by atoms with van der Waals surface area (Å²) in [6, 6.07) is 9.60. The highest BCUT2D eigenvalue weighted by molar-refractivity contribution is 8.02. The third-order valence-corrected chi connectivity index (χ3v) is 2.26. The van der Waals surface area contributed by atoms with Gasteiger partial charge < -0.3 is 5.84 Å². The number of nitrogens with zero attached hydrogens (tertiary/aromatic N) is 3. The van der Waals surface area contributed by atoms with E-state index >= 15 is 0 Å². The molecule has 0 heterocycles. The number of anilines is 1. The zero-order valence-electron chi connectivity index (χ0n) is 7.92. The van der Waals surface area contributed by atoms with Gasteiger partial charge in [-0.1, -0.05) is 30.0 Å². The summed E-state index contributed by atoms with van der Waals surface area (Å²) in [6.45, 7) is 3.85. The molecule has 0 radical (unpaired) electrons. The molecule has 4 nitrogen and oxygen atoms in total. The summed E-state index contributed by atoms with van der Waals surface area (Å²) in [6.07, 6.45) is 1.92. The average Bonchev–Trinajstić information content (AvgIpc) is 2.26. The highest BCUT2D eigenvalue weighted by Gasteiger charge is 2.07. The molecule has 0 fully saturated rings. The molecule has 2 N–H and O–H groups in total. The summed E-state index contributed by atoms with van der Waals surface area (Å²) >= 11 is 1.49. The van der Waals surface area contributed by atoms with Crippen molar-refractivity contribution in [2.45, 2.75) is 0 Å². The normalized spacial score (nSPS) is 10.4. The second-order valence-corrected chi connectivity index (χ2v) is 3.33. The van der Waals surface area contributed by atoms with Crippen molar-refractivity contribution in [3.8, 4) is 0 Å². The molecule has 5 heteroatoms. The van der Waals surface area contributed by atoms with Crippen LogP contribution in [0.5, 0.6) is 0 Å². The van der Waals surface area contributed by atoms with Gasteiger partial charge in [-0.15, -0.1) is 11.8 Å². The van der Waals surface area contributed by atoms with E-state index < -0.39 is 0 Å². The molecule has 1 aromatic rings. The molecule has 0 atom stereocenters. The quantitative estimate of drug-likeness (QED) is 0.470. The van der Waals surface area contributed by atoms with Gasteiger partial charge in [0.15, 0.2) is 0 Å². The van der Waals surface area contributed by atoms with Gasteiger partial charge in [0.05, 0.1) is 10.7 Å². The van der Waals surface area contributed by atoms with Gasteiger partial charge in [0, 0.05) is 0 Å². The Morgan fingerprint density at radius 2 is 2.07 bits per heavy atom. The lowest BCUT2D eigenvalue weighted by molar-refractivity contribution is 0.893. The zero-order chi connectivity index (χ0) is 10.4. The van der Waals surface area contributed by atoms with Crippen molar-refractivity contribution >= 4 is 17.4 Å². The van der Waals surface area contributed by atoms with E-state index in [0.717, 1.165) is 10.7 Å². The first-order valence-corrected chi connectivity index (χ1v) is 5.21. The molecular weight excluding hydrogens is 196 g/mol. The highest BCUT2D eigenvalue weighted by atomic mass is 32.2. The monoisotopic (exact) mass is 208 g/mol. The number of hydrogen-bond acceptors (Lipinski definition) is 3. The fourth-order valence-electron chi connectivity index (χ4n) is 0.953. The second-order valence-electron chi connectivity index (χ2n) is 2.45. The Labute approximate surface area is 87.4 Å². The van der Waals surface area contributed by atoms with Crippen molar-refractivity contribution in [3.05, 3.63) is 41.9 Å². The van der Waals surface area contributed by atoms with Crippen LogP contribution in [-0.2, 0) is 0 Å². The van der Waals surface area contributed by atoms with Crippen LogP contribution in [0.4, 0.5) is 5.69 Å². The summed E-state index contributed by atoms with van der Waals surface area (Å²) in [4.78, 5) is 0. The lowest BCUT2D eigenvalue weighted by Crippen LogP contribution is -2.12. The van der Waals surface area contributed by atoms with Gasteiger partial charge in [-0.2, -0.15) is 0 Å². The number of benzene rings is 1. The van der Waals surface area contributed by atoms with Crippen molar-refractivity contribution in [2.24, 2.45) is 16.3 Å². The number of rotatable bonds is 4. The van der Waals surface area contributed by atoms with Crippen LogP contribution in [-0.4, -0.2) is 6.26 Å². The van der Waals surface area contributed by atoms with E-state index in [0.29, 0.717) is 0 Å². The van der Waals surface area contributed by atoms with Crippen LogP contribution in [0.25, 0.3) is 0 Å². The summed E-state index contributed by atoms with van der Waals surface area (Å²) in [5.41, 5.74) is 0.890. The number of para-hydroxylation sites is 1. The standard InChI is InChI=1S/C9H12N4S/c1-8(14-2)13(12-11-10)9-6-4-3-5-7-9/h3-7H,1H2,2H3,(H2,10,12). The van der Waals surface area contributed by atoms with Crippen LogP contribution in [0.3, 0.4) is 0 Å². The minimum Gasteiger partial charge on any atom is -0.303 e. The van der Waals surface area contributed by atoms with Gasteiger partial charge in [0.2, 0.25) is 0 Å². The van der Waals surface area contributed by atoms with Crippen LogP contribution in [0, 0.1) is 0 Å². The first-order valence-electron chi connectivity index (χ1n) is 3.98. The second kappa shape index (κ2) is 5.29. The van der Waals surface area contributed by atoms with Crippen molar-refractivity contribution in [1.82, 2.24) is 0 Å². The van der Waals surface area contributed by atoms with Crippen LogP contribution < -0.4 is 10.9 Å². The maximum absolute atomic E-state index is 5.03. The fourth-order valence-corrected chi connectivity index (χ4v) is 1.27. The molecule has 0 saturated carbocycles. The third kappa shape index (κ3) is 2.50. The largest absolute Gasteiger partial charge is 0.303 e. The van der Waals surface area contributed by atoms with Crippen LogP contribution in [0.1, 0.15) is 0 Å². The zero-order valence-corrected chi connectivity index (χ0v) is 8.74. The van der Waals surface area contributed by atoms with E-state index in [9.17, 15) is 0 Å². The summed E-state index contributed by atoms with van der Waals surface area (Å²) < 4.78 is 0. The smallest absolute Gasteiger partial charge is 0.0925 e. The van der Waals surface area contributed by atoms with Crippen molar-refractivity contribution < 1.29 is 0 Å². The fraction of sp³-hybridized carbons (Fsp3) is 0.111. The van der Waals surface area contributed by atoms with Gasteiger partial charge in [0.1, 0.15) is 0 Å². The van der Waals surface area contributed by atoms with E-state index in [1.54, 1.807) is 5.01 Å². The topological polar surface area (TPSA) is 54.0 Å². The van der Waals surface area contributed by atoms with Gasteiger partial charge in [-0.3, -0.25) is 0 Å². The van der Waals surface area contributed by atoms with Crippen LogP contribution in [0.15, 0.2) is 52.4 Å². The molecule has 0 aromatic heterocycles. The predicted octanol–water partition coefficient (Wildman–Crippen LogP) is 2.57. The highest BCUT2D eigenvalue weighted by Crippen LogP contribution is 2.23. The van der Waals surface area contributed by atoms with Crippen LogP contribution >= 0.6 is 11.8 Å². The van der Waals surface area contributed by atoms with Crippen molar-refractivity contribution in [2.75, 3.05) is 11.3 Å². The van der Waals surface area contributed by atoms with Crippen molar-refractivity contribution in [3.63, 3.8) is 0 Å². The van der Waals surface area contributed by atoms with Gasteiger partial charge in [0.25, 0.3) is 0 Å². The van der Waals surface area contributed by atoms with Gasteiger partial charge >= 0.3 is 0 Å². The Balaban J connectivity index is 2.94. The molecule has 0 aliphatic carbocycles. The number of thioether (sulfide) groups is 1. The molecule has 0 saturated heterocycles. The van der Waals surface area contributed by atoms with E-state index in [-0.39, 0.29) is 0 Å². The third-order valence-electron chi connectivity index (χ3n) is 1.61. The summed E-state index contributed by atoms with van der Waals surface area (Å²) in [7, 11) is 0. The Bertz CT molecular complexity index is 323. The maximum Gasteiger partial charge on any atom is 0.0925 e. The molecule has 0 amide bonds. The van der Waals surface area contributed by atoms with Crippen molar-refractivity contribution in [1.29, 1.82) is 0 Å². The molecule has 74 valence electrons. The Kier molecular flexibility index (Phi) is 4.00. The molecular formula is C9H12N4S. The Hall–Kier alpha value is -1.49. The Morgan fingerprint density at radius 3 is 2.57 bits per heavy atom. The van der Waals surface area contributed by atoms with Crippen LogP contribution in [0.2, 0.25) is 0 Å². The first-order chi connectivity index (χ1) is 6.79. The molecule has 14 heavy (non-hydrogen) atoms. The average molecular weight is 208 g/mol. The molecule has 0 spiro atoms. The minimum atomic E-state index is 0.769. The molecule has 0 unspecified atom stereocenters. The van der Waals surface area contributed by atoms with Gasteiger partial charge in [-0.25, -0.2) is 5.01 Å². The lowest BCUT2D eigenvalue weighted by atomic mass is 10.3. The number of hydrogen-bond donors (Lipinski definition) is 1. The first kappa shape index (κ1) is 10.6. The van der Waals surface area contributed by atoms with E-state index in [1.165, 1.54) is 11.8 Å². The maximum atomic E-state index is 5.03. The SMILES string of the molecule is C=C(SC)N(/N=N\N)c1ccccc1. The molecule has 1 rings (SSSR count). The molecule has 0 aliphatic rings.